The smallest absolute Gasteiger partial charge is 0.338 e. The summed E-state index contributed by atoms with van der Waals surface area (Å²) < 4.78 is 10.4. The summed E-state index contributed by atoms with van der Waals surface area (Å²) in [7, 11) is 3.01. The van der Waals surface area contributed by atoms with Crippen molar-refractivity contribution in [2.75, 3.05) is 20.0 Å². The lowest BCUT2D eigenvalue weighted by Gasteiger charge is -2.36. The van der Waals surface area contributed by atoms with Gasteiger partial charge in [-0.2, -0.15) is 0 Å². The second kappa shape index (κ2) is 8.83. The van der Waals surface area contributed by atoms with Crippen LogP contribution in [-0.4, -0.2) is 42.9 Å². The normalized spacial score (nSPS) is 18.8. The van der Waals surface area contributed by atoms with Crippen molar-refractivity contribution in [2.45, 2.75) is 29.8 Å². The number of rotatable bonds is 7. The fraction of sp³-hybridized carbons (Fsp3) is 0.304. The average Bonchev–Trinajstić information content (AvgIpc) is 3.62. The molecule has 1 unspecified atom stereocenters. The number of nitrogens with zero attached hydrogens (tertiary/aromatic N) is 1. The third-order valence-electron chi connectivity index (χ3n) is 5.26. The molecule has 0 radical (unpaired) electrons. The third-order valence-corrected chi connectivity index (χ3v) is 6.29. The highest BCUT2D eigenvalue weighted by molar-refractivity contribution is 7.99. The molecule has 2 aliphatic rings. The summed E-state index contributed by atoms with van der Waals surface area (Å²) in [6.07, 6.45) is 1.88. The summed E-state index contributed by atoms with van der Waals surface area (Å²) in [4.78, 5) is 28.7. The number of hydrogen-bond acceptors (Lipinski definition) is 5. The maximum Gasteiger partial charge on any atom is 0.338 e. The molecular formula is C23H24N2O4S. The van der Waals surface area contributed by atoms with Crippen molar-refractivity contribution in [3.05, 3.63) is 71.4 Å². The zero-order chi connectivity index (χ0) is 21.1. The Balaban J connectivity index is 1.72. The molecule has 1 heterocycles. The van der Waals surface area contributed by atoms with Gasteiger partial charge in [0.2, 0.25) is 0 Å². The predicted octanol–water partition coefficient (Wildman–Crippen LogP) is 4.14. The molecule has 0 spiro atoms. The summed E-state index contributed by atoms with van der Waals surface area (Å²) in [6, 6.07) is 16.7. The molecule has 30 heavy (non-hydrogen) atoms. The molecule has 1 saturated carbocycles. The van der Waals surface area contributed by atoms with Crippen LogP contribution < -0.4 is 10.1 Å². The molecule has 0 saturated heterocycles. The standard InChI is InChI=1S/C23H24N2O4S/c1-28-17-10-12-18(13-11-17)30-14-19-20(22(26)29-2)21(15-6-4-3-5-7-15)24-23(27)25(19)16-8-9-16/h3-7,10-13,16,21H,8-9,14H2,1-2H3,(H,24,27). The van der Waals surface area contributed by atoms with E-state index in [2.05, 4.69) is 5.32 Å². The van der Waals surface area contributed by atoms with Gasteiger partial charge in [0.15, 0.2) is 0 Å². The van der Waals surface area contributed by atoms with Gasteiger partial charge in [0.25, 0.3) is 0 Å². The quantitative estimate of drug-likeness (QED) is 0.534. The lowest BCUT2D eigenvalue weighted by atomic mass is 9.95. The molecule has 1 fully saturated rings. The second-order valence-corrected chi connectivity index (χ2v) is 8.26. The Morgan fingerprint density at radius 3 is 2.40 bits per heavy atom. The molecule has 2 amide bonds. The van der Waals surface area contributed by atoms with Crippen LogP contribution in [0.2, 0.25) is 0 Å². The number of hydrogen-bond donors (Lipinski definition) is 1. The first kappa shape index (κ1) is 20.3. The number of thioether (sulfide) groups is 1. The molecule has 1 aliphatic heterocycles. The van der Waals surface area contributed by atoms with Crippen LogP contribution in [0.3, 0.4) is 0 Å². The van der Waals surface area contributed by atoms with E-state index in [0.717, 1.165) is 34.7 Å². The zero-order valence-electron chi connectivity index (χ0n) is 17.0. The molecule has 0 aromatic heterocycles. The van der Waals surface area contributed by atoms with E-state index in [9.17, 15) is 9.59 Å². The fourth-order valence-electron chi connectivity index (χ4n) is 3.62. The highest BCUT2D eigenvalue weighted by Crippen LogP contribution is 2.40. The first-order valence-electron chi connectivity index (χ1n) is 9.85. The fourth-order valence-corrected chi connectivity index (χ4v) is 4.54. The van der Waals surface area contributed by atoms with Crippen LogP contribution >= 0.6 is 11.8 Å². The van der Waals surface area contributed by atoms with Gasteiger partial charge in [-0.15, -0.1) is 11.8 Å². The summed E-state index contributed by atoms with van der Waals surface area (Å²) in [5.74, 6) is 0.860. The van der Waals surface area contributed by atoms with Gasteiger partial charge in [-0.05, 0) is 42.7 Å². The minimum atomic E-state index is -0.535. The van der Waals surface area contributed by atoms with Gasteiger partial charge < -0.3 is 14.8 Å². The summed E-state index contributed by atoms with van der Waals surface area (Å²) in [5.41, 5.74) is 2.08. The molecule has 1 aliphatic carbocycles. The summed E-state index contributed by atoms with van der Waals surface area (Å²) in [5, 5.41) is 3.02. The van der Waals surface area contributed by atoms with Crippen LogP contribution in [0, 0.1) is 0 Å². The van der Waals surface area contributed by atoms with E-state index in [-0.39, 0.29) is 12.1 Å². The Morgan fingerprint density at radius 1 is 1.10 bits per heavy atom. The van der Waals surface area contributed by atoms with Crippen LogP contribution in [0.1, 0.15) is 24.4 Å². The van der Waals surface area contributed by atoms with E-state index in [4.69, 9.17) is 9.47 Å². The van der Waals surface area contributed by atoms with E-state index in [1.165, 1.54) is 7.11 Å². The monoisotopic (exact) mass is 424 g/mol. The van der Waals surface area contributed by atoms with Crippen LogP contribution in [0.15, 0.2) is 70.8 Å². The molecule has 2 aromatic rings. The van der Waals surface area contributed by atoms with Gasteiger partial charge in [0, 0.05) is 22.4 Å². The first-order chi connectivity index (χ1) is 14.6. The molecule has 4 rings (SSSR count). The van der Waals surface area contributed by atoms with Crippen LogP contribution in [0.5, 0.6) is 5.75 Å². The van der Waals surface area contributed by atoms with Crippen molar-refractivity contribution in [3.63, 3.8) is 0 Å². The highest BCUT2D eigenvalue weighted by Gasteiger charge is 2.43. The molecule has 7 heteroatoms. The average molecular weight is 425 g/mol. The van der Waals surface area contributed by atoms with Crippen molar-refractivity contribution < 1.29 is 19.1 Å². The lowest BCUT2D eigenvalue weighted by molar-refractivity contribution is -0.136. The van der Waals surface area contributed by atoms with Gasteiger partial charge in [-0.25, -0.2) is 9.59 Å². The number of urea groups is 1. The molecule has 0 bridgehead atoms. The van der Waals surface area contributed by atoms with Gasteiger partial charge in [-0.3, -0.25) is 4.90 Å². The highest BCUT2D eigenvalue weighted by atomic mass is 32.2. The van der Waals surface area contributed by atoms with Crippen LogP contribution in [-0.2, 0) is 9.53 Å². The van der Waals surface area contributed by atoms with Gasteiger partial charge in [0.05, 0.1) is 25.8 Å². The van der Waals surface area contributed by atoms with E-state index < -0.39 is 12.0 Å². The third kappa shape index (κ3) is 4.16. The van der Waals surface area contributed by atoms with Gasteiger partial charge in [0.1, 0.15) is 5.75 Å². The van der Waals surface area contributed by atoms with Crippen molar-refractivity contribution in [2.24, 2.45) is 0 Å². The van der Waals surface area contributed by atoms with Gasteiger partial charge >= 0.3 is 12.0 Å². The maximum absolute atomic E-state index is 13.0. The summed E-state index contributed by atoms with van der Waals surface area (Å²) >= 11 is 1.58. The predicted molar refractivity (Wildman–Crippen MR) is 115 cm³/mol. The van der Waals surface area contributed by atoms with Crippen molar-refractivity contribution in [1.29, 1.82) is 0 Å². The largest absolute Gasteiger partial charge is 0.497 e. The second-order valence-electron chi connectivity index (χ2n) is 7.21. The van der Waals surface area contributed by atoms with E-state index >= 15 is 0 Å². The Morgan fingerprint density at radius 2 is 1.80 bits per heavy atom. The Bertz CT molecular complexity index is 955. The first-order valence-corrected chi connectivity index (χ1v) is 10.8. The lowest BCUT2D eigenvalue weighted by Crippen LogP contribution is -2.50. The number of methoxy groups -OCH3 is 2. The van der Waals surface area contributed by atoms with Crippen molar-refractivity contribution >= 4 is 23.8 Å². The molecule has 156 valence electrons. The molecule has 1 N–H and O–H groups in total. The minimum Gasteiger partial charge on any atom is -0.497 e. The number of carbonyl (C=O) groups excluding carboxylic acids is 2. The van der Waals surface area contributed by atoms with Crippen molar-refractivity contribution in [3.8, 4) is 5.75 Å². The Hall–Kier alpha value is -2.93. The number of amides is 2. The molecule has 1 atom stereocenters. The summed E-state index contributed by atoms with van der Waals surface area (Å²) in [6.45, 7) is 0. The van der Waals surface area contributed by atoms with Crippen molar-refractivity contribution in [1.82, 2.24) is 10.2 Å². The number of carbonyl (C=O) groups is 2. The number of ether oxygens (including phenoxy) is 2. The number of esters is 1. The minimum absolute atomic E-state index is 0.132. The van der Waals surface area contributed by atoms with Crippen LogP contribution in [0.4, 0.5) is 4.79 Å². The maximum atomic E-state index is 13.0. The van der Waals surface area contributed by atoms with Gasteiger partial charge in [-0.1, -0.05) is 30.3 Å². The SMILES string of the molecule is COC(=O)C1=C(CSc2ccc(OC)cc2)N(C2CC2)C(=O)NC1c1ccccc1. The Labute approximate surface area is 180 Å². The Kier molecular flexibility index (Phi) is 5.99. The number of nitrogens with one attached hydrogen (secondary N) is 1. The van der Waals surface area contributed by atoms with E-state index in [1.54, 1.807) is 23.8 Å². The zero-order valence-corrected chi connectivity index (χ0v) is 17.8. The van der Waals surface area contributed by atoms with E-state index in [1.807, 2.05) is 54.6 Å². The van der Waals surface area contributed by atoms with Crippen LogP contribution in [0.25, 0.3) is 0 Å². The number of benzene rings is 2. The molecular weight excluding hydrogens is 400 g/mol. The van der Waals surface area contributed by atoms with E-state index in [0.29, 0.717) is 11.3 Å². The molecule has 6 nitrogen and oxygen atoms in total. The topological polar surface area (TPSA) is 67.9 Å². The molecule has 2 aromatic carbocycles.